The second-order valence-corrected chi connectivity index (χ2v) is 10.3. The number of amides is 1. The maximum atomic E-state index is 13.0. The van der Waals surface area contributed by atoms with Crippen LogP contribution in [0, 0.1) is 5.92 Å². The van der Waals surface area contributed by atoms with E-state index in [-0.39, 0.29) is 5.91 Å². The number of nitrogens with zero attached hydrogens (tertiary/aromatic N) is 3. The van der Waals surface area contributed by atoms with E-state index < -0.39 is 0 Å². The molecule has 0 radical (unpaired) electrons. The van der Waals surface area contributed by atoms with Crippen molar-refractivity contribution in [3.8, 4) is 22.7 Å². The zero-order chi connectivity index (χ0) is 24.8. The van der Waals surface area contributed by atoms with Gasteiger partial charge in [-0.2, -0.15) is 5.10 Å². The fraction of sp³-hybridized carbons (Fsp3) is 0.296. The summed E-state index contributed by atoms with van der Waals surface area (Å²) in [6.07, 6.45) is 4.83. The summed E-state index contributed by atoms with van der Waals surface area (Å²) in [6.45, 7) is 5.93. The van der Waals surface area contributed by atoms with E-state index in [1.165, 1.54) is 11.8 Å². The molecular formula is C27H29N3O3S2. The molecule has 1 saturated heterocycles. The molecule has 1 aliphatic heterocycles. The molecule has 8 heteroatoms. The predicted molar refractivity (Wildman–Crippen MR) is 146 cm³/mol. The number of para-hydroxylation sites is 1. The van der Waals surface area contributed by atoms with Crippen LogP contribution in [-0.2, 0) is 9.53 Å². The van der Waals surface area contributed by atoms with Crippen molar-refractivity contribution in [3.63, 3.8) is 0 Å². The zero-order valence-electron chi connectivity index (χ0n) is 20.1. The lowest BCUT2D eigenvalue weighted by atomic mass is 10.1. The molecule has 0 saturated carbocycles. The Balaban J connectivity index is 1.66. The van der Waals surface area contributed by atoms with Crippen molar-refractivity contribution in [3.05, 3.63) is 71.3 Å². The normalized spacial score (nSPS) is 15.0. The number of methoxy groups -OCH3 is 1. The van der Waals surface area contributed by atoms with E-state index in [0.29, 0.717) is 34.9 Å². The van der Waals surface area contributed by atoms with Gasteiger partial charge in [-0.15, -0.1) is 0 Å². The molecule has 1 fully saturated rings. The number of carbonyl (C=O) groups excluding carboxylic acids is 1. The largest absolute Gasteiger partial charge is 0.494 e. The quantitative estimate of drug-likeness (QED) is 0.255. The minimum atomic E-state index is -0.107. The first kappa shape index (κ1) is 25.2. The van der Waals surface area contributed by atoms with E-state index in [0.717, 1.165) is 34.7 Å². The van der Waals surface area contributed by atoms with Crippen LogP contribution in [0.5, 0.6) is 5.75 Å². The molecule has 3 aromatic rings. The number of hydrogen-bond acceptors (Lipinski definition) is 6. The van der Waals surface area contributed by atoms with Gasteiger partial charge < -0.3 is 9.47 Å². The molecule has 2 aromatic carbocycles. The summed E-state index contributed by atoms with van der Waals surface area (Å²) in [4.78, 5) is 15.2. The van der Waals surface area contributed by atoms with Crippen LogP contribution >= 0.6 is 24.0 Å². The fourth-order valence-electron chi connectivity index (χ4n) is 3.57. The second-order valence-electron chi connectivity index (χ2n) is 8.59. The van der Waals surface area contributed by atoms with Crippen molar-refractivity contribution >= 4 is 40.3 Å². The van der Waals surface area contributed by atoms with Gasteiger partial charge in [0.2, 0.25) is 0 Å². The smallest absolute Gasteiger partial charge is 0.266 e. The van der Waals surface area contributed by atoms with E-state index in [2.05, 4.69) is 13.8 Å². The van der Waals surface area contributed by atoms with Gasteiger partial charge in [0.15, 0.2) is 0 Å². The first-order valence-electron chi connectivity index (χ1n) is 11.6. The molecule has 0 spiro atoms. The second kappa shape index (κ2) is 11.7. The Morgan fingerprint density at radius 3 is 2.51 bits per heavy atom. The Bertz CT molecular complexity index is 1200. The number of thiocarbonyl (C=S) groups is 1. The molecule has 0 aliphatic carbocycles. The van der Waals surface area contributed by atoms with Crippen LogP contribution in [0.25, 0.3) is 23.0 Å². The molecule has 0 atom stereocenters. The molecule has 0 unspecified atom stereocenters. The Labute approximate surface area is 215 Å². The highest BCUT2D eigenvalue weighted by molar-refractivity contribution is 8.26. The van der Waals surface area contributed by atoms with E-state index >= 15 is 0 Å². The molecule has 1 aromatic heterocycles. The highest BCUT2D eigenvalue weighted by Crippen LogP contribution is 2.35. The summed E-state index contributed by atoms with van der Waals surface area (Å²) in [5.41, 5.74) is 3.51. The number of aromatic nitrogens is 2. The summed E-state index contributed by atoms with van der Waals surface area (Å²) in [5.74, 6) is 1.32. The zero-order valence-corrected chi connectivity index (χ0v) is 21.8. The average Bonchev–Trinajstić information content (AvgIpc) is 3.39. The van der Waals surface area contributed by atoms with Crippen molar-refractivity contribution in [1.82, 2.24) is 14.7 Å². The predicted octanol–water partition coefficient (Wildman–Crippen LogP) is 5.81. The third kappa shape index (κ3) is 6.20. The lowest BCUT2D eigenvalue weighted by Gasteiger charge is -2.12. The molecule has 1 amide bonds. The third-order valence-corrected chi connectivity index (χ3v) is 6.91. The van der Waals surface area contributed by atoms with Gasteiger partial charge in [-0.25, -0.2) is 4.68 Å². The lowest BCUT2D eigenvalue weighted by Crippen LogP contribution is -2.31. The number of hydrogen-bond donors (Lipinski definition) is 0. The topological polar surface area (TPSA) is 56.6 Å². The van der Waals surface area contributed by atoms with Crippen molar-refractivity contribution in [2.45, 2.75) is 20.3 Å². The Hall–Kier alpha value is -2.94. The highest BCUT2D eigenvalue weighted by atomic mass is 32.2. The SMILES string of the molecule is COCCN1C(=O)C(=Cc2cn(-c3ccccc3)nc2-c2ccc(OCCC(C)C)cc2)SC1=S. The van der Waals surface area contributed by atoms with Crippen LogP contribution in [0.2, 0.25) is 0 Å². The maximum absolute atomic E-state index is 13.0. The summed E-state index contributed by atoms with van der Waals surface area (Å²) in [6, 6.07) is 17.8. The minimum Gasteiger partial charge on any atom is -0.494 e. The minimum absolute atomic E-state index is 0.107. The molecule has 4 rings (SSSR count). The maximum Gasteiger partial charge on any atom is 0.266 e. The number of thioether (sulfide) groups is 1. The average molecular weight is 508 g/mol. The fourth-order valence-corrected chi connectivity index (χ4v) is 4.87. The molecule has 35 heavy (non-hydrogen) atoms. The van der Waals surface area contributed by atoms with Crippen LogP contribution in [0.1, 0.15) is 25.8 Å². The summed E-state index contributed by atoms with van der Waals surface area (Å²) < 4.78 is 13.4. The van der Waals surface area contributed by atoms with Crippen LogP contribution in [-0.4, -0.2) is 51.8 Å². The van der Waals surface area contributed by atoms with Crippen molar-refractivity contribution in [2.75, 3.05) is 26.9 Å². The van der Waals surface area contributed by atoms with Crippen molar-refractivity contribution in [2.24, 2.45) is 5.92 Å². The van der Waals surface area contributed by atoms with E-state index in [9.17, 15) is 4.79 Å². The Morgan fingerprint density at radius 1 is 1.09 bits per heavy atom. The number of benzene rings is 2. The van der Waals surface area contributed by atoms with E-state index in [4.69, 9.17) is 26.8 Å². The molecule has 0 N–H and O–H groups in total. The van der Waals surface area contributed by atoms with Crippen LogP contribution in [0.15, 0.2) is 65.7 Å². The number of ether oxygens (including phenoxy) is 2. The van der Waals surface area contributed by atoms with Gasteiger partial charge in [0.25, 0.3) is 5.91 Å². The van der Waals surface area contributed by atoms with Gasteiger partial charge in [0.1, 0.15) is 10.1 Å². The van der Waals surface area contributed by atoms with Crippen molar-refractivity contribution < 1.29 is 14.3 Å². The van der Waals surface area contributed by atoms with E-state index in [1.807, 2.05) is 71.6 Å². The summed E-state index contributed by atoms with van der Waals surface area (Å²) in [5, 5.41) is 4.86. The van der Waals surface area contributed by atoms with Gasteiger partial charge in [-0.3, -0.25) is 9.69 Å². The van der Waals surface area contributed by atoms with Gasteiger partial charge in [-0.1, -0.05) is 56.0 Å². The van der Waals surface area contributed by atoms with Gasteiger partial charge in [-0.05, 0) is 54.8 Å². The molecule has 182 valence electrons. The summed E-state index contributed by atoms with van der Waals surface area (Å²) >= 11 is 6.74. The summed E-state index contributed by atoms with van der Waals surface area (Å²) in [7, 11) is 1.61. The van der Waals surface area contributed by atoms with Gasteiger partial charge in [0.05, 0.1) is 36.0 Å². The Kier molecular flexibility index (Phi) is 8.38. The molecule has 0 bridgehead atoms. The first-order chi connectivity index (χ1) is 17.0. The molecular weight excluding hydrogens is 478 g/mol. The number of carbonyl (C=O) groups is 1. The molecule has 6 nitrogen and oxygen atoms in total. The van der Waals surface area contributed by atoms with Crippen LogP contribution < -0.4 is 4.74 Å². The molecule has 2 heterocycles. The van der Waals surface area contributed by atoms with Crippen LogP contribution in [0.4, 0.5) is 0 Å². The van der Waals surface area contributed by atoms with Gasteiger partial charge in [0, 0.05) is 24.4 Å². The number of rotatable bonds is 10. The van der Waals surface area contributed by atoms with E-state index in [1.54, 1.807) is 12.0 Å². The Morgan fingerprint density at radius 2 is 1.83 bits per heavy atom. The van der Waals surface area contributed by atoms with Crippen molar-refractivity contribution in [1.29, 1.82) is 0 Å². The third-order valence-electron chi connectivity index (χ3n) is 5.53. The monoisotopic (exact) mass is 507 g/mol. The molecule has 1 aliphatic rings. The van der Waals surface area contributed by atoms with Gasteiger partial charge >= 0.3 is 0 Å². The first-order valence-corrected chi connectivity index (χ1v) is 12.8. The standard InChI is InChI=1S/C27H29N3O3S2/c1-19(2)13-15-33-23-11-9-20(10-12-23)25-21(18-30(28-25)22-7-5-4-6-8-22)17-24-26(31)29(14-16-32-3)27(34)35-24/h4-12,17-19H,13-16H2,1-3H3. The highest BCUT2D eigenvalue weighted by Gasteiger charge is 2.32. The van der Waals surface area contributed by atoms with Crippen LogP contribution in [0.3, 0.4) is 0 Å². The lowest BCUT2D eigenvalue weighted by molar-refractivity contribution is -0.122.